The highest BCUT2D eigenvalue weighted by Gasteiger charge is 2.27. The van der Waals surface area contributed by atoms with E-state index in [0.29, 0.717) is 0 Å². The molecule has 0 fully saturated rings. The first kappa shape index (κ1) is 15.4. The lowest BCUT2D eigenvalue weighted by atomic mass is 10.2. The molecule has 0 radical (unpaired) electrons. The lowest BCUT2D eigenvalue weighted by molar-refractivity contribution is -0.384. The lowest BCUT2D eigenvalue weighted by Gasteiger charge is -2.14. The van der Waals surface area contributed by atoms with Crippen LogP contribution in [0, 0.1) is 10.1 Å². The number of nitro benzene ring substituents is 1. The second-order valence-electron chi connectivity index (χ2n) is 3.66. The number of rotatable bonds is 5. The number of amides is 1. The zero-order valence-corrected chi connectivity index (χ0v) is 11.1. The number of alkyl halides is 2. The van der Waals surface area contributed by atoms with E-state index in [1.807, 2.05) is 5.32 Å². The van der Waals surface area contributed by atoms with Gasteiger partial charge >= 0.3 is 0 Å². The molecular weight excluding hydrogens is 328 g/mol. The van der Waals surface area contributed by atoms with E-state index in [2.05, 4.69) is 15.9 Å². The largest absolute Gasteiger partial charge is 0.346 e. The Kier molecular flexibility index (Phi) is 4.90. The molecule has 0 saturated carbocycles. The van der Waals surface area contributed by atoms with Gasteiger partial charge in [-0.2, -0.15) is 0 Å². The average Bonchev–Trinajstić information content (AvgIpc) is 2.36. The third-order valence-electron chi connectivity index (χ3n) is 2.21. The highest BCUT2D eigenvalue weighted by atomic mass is 79.9. The Morgan fingerprint density at radius 1 is 1.53 bits per heavy atom. The van der Waals surface area contributed by atoms with Crippen molar-refractivity contribution in [3.8, 4) is 0 Å². The van der Waals surface area contributed by atoms with Crippen molar-refractivity contribution in [2.24, 2.45) is 5.73 Å². The summed E-state index contributed by atoms with van der Waals surface area (Å²) < 4.78 is 25.9. The van der Waals surface area contributed by atoms with E-state index in [4.69, 9.17) is 5.73 Å². The van der Waals surface area contributed by atoms with E-state index in [0.717, 1.165) is 12.1 Å². The molecule has 1 amide bonds. The summed E-state index contributed by atoms with van der Waals surface area (Å²) >= 11 is 2.98. The van der Waals surface area contributed by atoms with Gasteiger partial charge in [-0.25, -0.2) is 8.78 Å². The molecule has 0 heterocycles. The molecule has 0 aliphatic heterocycles. The number of hydrogen-bond acceptors (Lipinski definition) is 4. The van der Waals surface area contributed by atoms with Gasteiger partial charge in [0.15, 0.2) is 0 Å². The van der Waals surface area contributed by atoms with E-state index in [1.165, 1.54) is 6.07 Å². The number of nitrogens with zero attached hydrogens (tertiary/aromatic N) is 1. The van der Waals surface area contributed by atoms with Crippen LogP contribution in [0.15, 0.2) is 22.7 Å². The summed E-state index contributed by atoms with van der Waals surface area (Å²) in [5.74, 6) is -3.96. The fraction of sp³-hybridized carbons (Fsp3) is 0.300. The summed E-state index contributed by atoms with van der Waals surface area (Å²) in [6, 6.07) is 3.41. The zero-order valence-electron chi connectivity index (χ0n) is 9.53. The second kappa shape index (κ2) is 6.02. The van der Waals surface area contributed by atoms with Crippen LogP contribution in [0.2, 0.25) is 0 Å². The Bertz CT molecular complexity index is 511. The number of nitrogens with one attached hydrogen (secondary N) is 1. The molecule has 104 valence electrons. The van der Waals surface area contributed by atoms with Gasteiger partial charge in [-0.05, 0) is 22.0 Å². The van der Waals surface area contributed by atoms with Gasteiger partial charge in [0, 0.05) is 16.6 Å². The van der Waals surface area contributed by atoms with Gasteiger partial charge < -0.3 is 11.1 Å². The fourth-order valence-corrected chi connectivity index (χ4v) is 1.73. The quantitative estimate of drug-likeness (QED) is 0.630. The highest BCUT2D eigenvalue weighted by Crippen LogP contribution is 2.23. The van der Waals surface area contributed by atoms with Crippen LogP contribution in [0.1, 0.15) is 10.4 Å². The standard InChI is InChI=1S/C10H10BrF2N3O3/c11-8-3-6(16(18)19)1-2-7(8)9(17)15-5-10(12,13)4-14/h1-3H,4-5,14H2,(H,15,17). The summed E-state index contributed by atoms with van der Waals surface area (Å²) in [5.41, 5.74) is 4.64. The van der Waals surface area contributed by atoms with Crippen LogP contribution in [0.5, 0.6) is 0 Å². The van der Waals surface area contributed by atoms with E-state index in [1.54, 1.807) is 0 Å². The van der Waals surface area contributed by atoms with Gasteiger partial charge in [0.25, 0.3) is 17.5 Å². The van der Waals surface area contributed by atoms with Gasteiger partial charge in [0.05, 0.1) is 23.6 Å². The van der Waals surface area contributed by atoms with Crippen molar-refractivity contribution in [2.75, 3.05) is 13.1 Å². The van der Waals surface area contributed by atoms with Crippen LogP contribution in [-0.2, 0) is 0 Å². The van der Waals surface area contributed by atoms with Crippen molar-refractivity contribution in [1.29, 1.82) is 0 Å². The Morgan fingerprint density at radius 3 is 2.63 bits per heavy atom. The maximum absolute atomic E-state index is 12.9. The van der Waals surface area contributed by atoms with Crippen LogP contribution >= 0.6 is 15.9 Å². The Morgan fingerprint density at radius 2 is 2.16 bits per heavy atom. The molecule has 0 saturated heterocycles. The summed E-state index contributed by atoms with van der Waals surface area (Å²) in [7, 11) is 0. The molecule has 9 heteroatoms. The molecule has 0 atom stereocenters. The van der Waals surface area contributed by atoms with Crippen molar-refractivity contribution >= 4 is 27.5 Å². The second-order valence-corrected chi connectivity index (χ2v) is 4.52. The molecule has 0 bridgehead atoms. The third kappa shape index (κ3) is 4.21. The molecule has 1 aromatic rings. The topological polar surface area (TPSA) is 98.3 Å². The third-order valence-corrected chi connectivity index (χ3v) is 2.87. The number of nitrogens with two attached hydrogens (primary N) is 1. The predicted molar refractivity (Wildman–Crippen MR) is 67.1 cm³/mol. The summed E-state index contributed by atoms with van der Waals surface area (Å²) in [6.45, 7) is -1.78. The normalized spacial score (nSPS) is 11.2. The van der Waals surface area contributed by atoms with Gasteiger partial charge in [0.2, 0.25) is 0 Å². The zero-order chi connectivity index (χ0) is 14.6. The molecule has 1 rings (SSSR count). The number of non-ortho nitro benzene ring substituents is 1. The van der Waals surface area contributed by atoms with Crippen LogP contribution in [0.4, 0.5) is 14.5 Å². The smallest absolute Gasteiger partial charge is 0.277 e. The number of nitro groups is 1. The van der Waals surface area contributed by atoms with Gasteiger partial charge in [-0.15, -0.1) is 0 Å². The Labute approximate surface area is 115 Å². The minimum atomic E-state index is -3.19. The van der Waals surface area contributed by atoms with Crippen LogP contribution in [-0.4, -0.2) is 29.8 Å². The molecule has 0 aromatic heterocycles. The van der Waals surface area contributed by atoms with Crippen molar-refractivity contribution in [3.63, 3.8) is 0 Å². The minimum Gasteiger partial charge on any atom is -0.346 e. The van der Waals surface area contributed by atoms with E-state index in [-0.39, 0.29) is 15.7 Å². The molecule has 0 aliphatic carbocycles. The lowest BCUT2D eigenvalue weighted by Crippen LogP contribution is -2.41. The Hall–Kier alpha value is -1.61. The van der Waals surface area contributed by atoms with Crippen molar-refractivity contribution in [1.82, 2.24) is 5.32 Å². The molecule has 0 aliphatic rings. The molecule has 3 N–H and O–H groups in total. The van der Waals surface area contributed by atoms with E-state index < -0.39 is 29.8 Å². The fourth-order valence-electron chi connectivity index (χ4n) is 1.18. The van der Waals surface area contributed by atoms with Crippen LogP contribution in [0.3, 0.4) is 0 Å². The first-order chi connectivity index (χ1) is 8.76. The maximum atomic E-state index is 12.9. The van der Waals surface area contributed by atoms with E-state index >= 15 is 0 Å². The van der Waals surface area contributed by atoms with Gasteiger partial charge in [-0.3, -0.25) is 14.9 Å². The number of hydrogen-bond donors (Lipinski definition) is 2. The first-order valence-corrected chi connectivity index (χ1v) is 5.86. The average molecular weight is 338 g/mol. The van der Waals surface area contributed by atoms with Gasteiger partial charge in [-0.1, -0.05) is 0 Å². The molecular formula is C10H10BrF2N3O3. The maximum Gasteiger partial charge on any atom is 0.277 e. The number of benzene rings is 1. The molecule has 0 unspecified atom stereocenters. The van der Waals surface area contributed by atoms with Crippen molar-refractivity contribution in [2.45, 2.75) is 5.92 Å². The minimum absolute atomic E-state index is 0.0263. The predicted octanol–water partition coefficient (Wildman–Crippen LogP) is 1.68. The van der Waals surface area contributed by atoms with Gasteiger partial charge in [0.1, 0.15) is 0 Å². The van der Waals surface area contributed by atoms with E-state index in [9.17, 15) is 23.7 Å². The summed E-state index contributed by atoms with van der Waals surface area (Å²) in [6.07, 6.45) is 0. The first-order valence-electron chi connectivity index (χ1n) is 5.07. The monoisotopic (exact) mass is 337 g/mol. The van der Waals surface area contributed by atoms with Crippen molar-refractivity contribution in [3.05, 3.63) is 38.3 Å². The molecule has 0 spiro atoms. The number of carbonyl (C=O) groups is 1. The SMILES string of the molecule is NCC(F)(F)CNC(=O)c1ccc([N+](=O)[O-])cc1Br. The summed E-state index contributed by atoms with van der Waals surface area (Å²) in [4.78, 5) is 21.5. The molecule has 6 nitrogen and oxygen atoms in total. The van der Waals surface area contributed by atoms with Crippen LogP contribution in [0.25, 0.3) is 0 Å². The number of halogens is 3. The summed E-state index contributed by atoms with van der Waals surface area (Å²) in [5, 5.41) is 12.5. The number of carbonyl (C=O) groups excluding carboxylic acids is 1. The molecule has 1 aromatic carbocycles. The highest BCUT2D eigenvalue weighted by molar-refractivity contribution is 9.10. The molecule has 19 heavy (non-hydrogen) atoms. The Balaban J connectivity index is 2.81. The van der Waals surface area contributed by atoms with Crippen molar-refractivity contribution < 1.29 is 18.5 Å². The van der Waals surface area contributed by atoms with Crippen LogP contribution < -0.4 is 11.1 Å².